The Labute approximate surface area is 88.8 Å². The number of fused-ring (bicyclic) bond motifs is 3. The number of aromatic amines is 1. The SMILES string of the molecule is Cc1cc[n+]2c(c1)ncc1sc(=O)[nH]c12. The molecule has 3 rings (SSSR count). The van der Waals surface area contributed by atoms with Crippen molar-refractivity contribution in [1.82, 2.24) is 9.97 Å². The molecule has 1 N–H and O–H groups in total. The average molecular weight is 218 g/mol. The molecule has 0 aliphatic rings. The first kappa shape index (κ1) is 8.55. The third-order valence-electron chi connectivity index (χ3n) is 2.30. The standard InChI is InChI=1S/C10H7N3OS/c1-6-2-3-13-8(4-6)11-5-7-9(13)12-10(14)15-7/h2-5H,1H3/p+1. The van der Waals surface area contributed by atoms with Crippen LogP contribution in [0.25, 0.3) is 16.0 Å². The Morgan fingerprint density at radius 1 is 1.53 bits per heavy atom. The van der Waals surface area contributed by atoms with Gasteiger partial charge >= 0.3 is 4.87 Å². The van der Waals surface area contributed by atoms with E-state index in [0.29, 0.717) is 0 Å². The van der Waals surface area contributed by atoms with E-state index < -0.39 is 0 Å². The maximum absolute atomic E-state index is 11.2. The van der Waals surface area contributed by atoms with Gasteiger partial charge in [-0.15, -0.1) is 4.98 Å². The molecule has 3 heterocycles. The van der Waals surface area contributed by atoms with E-state index in [1.54, 1.807) is 6.20 Å². The van der Waals surface area contributed by atoms with Crippen LogP contribution in [0.4, 0.5) is 0 Å². The third-order valence-corrected chi connectivity index (χ3v) is 3.11. The third kappa shape index (κ3) is 1.24. The van der Waals surface area contributed by atoms with Crippen LogP contribution in [0.5, 0.6) is 0 Å². The molecular formula is C10H8N3OS+. The lowest BCUT2D eigenvalue weighted by molar-refractivity contribution is -0.486. The number of rotatable bonds is 0. The fraction of sp³-hybridized carbons (Fsp3) is 0.100. The molecular weight excluding hydrogens is 210 g/mol. The maximum Gasteiger partial charge on any atom is 0.362 e. The van der Waals surface area contributed by atoms with Crippen molar-refractivity contribution in [3.8, 4) is 0 Å². The van der Waals surface area contributed by atoms with Gasteiger partial charge in [0.2, 0.25) is 0 Å². The summed E-state index contributed by atoms with van der Waals surface area (Å²) in [5, 5.41) is 0. The highest BCUT2D eigenvalue weighted by atomic mass is 32.1. The summed E-state index contributed by atoms with van der Waals surface area (Å²) in [6.45, 7) is 2.02. The number of nitrogens with one attached hydrogen (secondary N) is 1. The van der Waals surface area contributed by atoms with Gasteiger partial charge < -0.3 is 0 Å². The molecule has 0 fully saturated rings. The molecule has 0 saturated carbocycles. The number of hydrogen-bond donors (Lipinski definition) is 1. The number of thiazole rings is 1. The molecule has 0 bridgehead atoms. The Balaban J connectivity index is 2.59. The lowest BCUT2D eigenvalue weighted by Crippen LogP contribution is -2.24. The van der Waals surface area contributed by atoms with Gasteiger partial charge in [0.05, 0.1) is 6.20 Å². The molecule has 0 radical (unpaired) electrons. The fourth-order valence-electron chi connectivity index (χ4n) is 1.60. The van der Waals surface area contributed by atoms with Crippen molar-refractivity contribution in [2.45, 2.75) is 6.92 Å². The van der Waals surface area contributed by atoms with E-state index in [1.807, 2.05) is 29.7 Å². The molecule has 5 heteroatoms. The Hall–Kier alpha value is -1.75. The predicted molar refractivity (Wildman–Crippen MR) is 58.1 cm³/mol. The Bertz CT molecular complexity index is 713. The van der Waals surface area contributed by atoms with Gasteiger partial charge in [0.25, 0.3) is 11.3 Å². The van der Waals surface area contributed by atoms with E-state index in [0.717, 1.165) is 21.6 Å². The van der Waals surface area contributed by atoms with Crippen LogP contribution in [0.15, 0.2) is 29.3 Å². The molecule has 3 aromatic rings. The zero-order chi connectivity index (χ0) is 10.4. The lowest BCUT2D eigenvalue weighted by Gasteiger charge is -1.94. The minimum absolute atomic E-state index is 0.0487. The molecule has 4 nitrogen and oxygen atoms in total. The number of aromatic nitrogens is 3. The van der Waals surface area contributed by atoms with Crippen LogP contribution in [-0.4, -0.2) is 9.97 Å². The normalized spacial score (nSPS) is 11.3. The van der Waals surface area contributed by atoms with Crippen molar-refractivity contribution in [1.29, 1.82) is 0 Å². The summed E-state index contributed by atoms with van der Waals surface area (Å²) >= 11 is 1.18. The Morgan fingerprint density at radius 2 is 2.40 bits per heavy atom. The number of hydrogen-bond acceptors (Lipinski definition) is 3. The van der Waals surface area contributed by atoms with Gasteiger partial charge in [-0.05, 0) is 29.9 Å². The highest BCUT2D eigenvalue weighted by molar-refractivity contribution is 7.16. The monoisotopic (exact) mass is 218 g/mol. The van der Waals surface area contributed by atoms with E-state index in [2.05, 4.69) is 9.97 Å². The quantitative estimate of drug-likeness (QED) is 0.573. The smallest absolute Gasteiger partial charge is 0.238 e. The van der Waals surface area contributed by atoms with Crippen LogP contribution in [0.1, 0.15) is 5.56 Å². The Kier molecular flexibility index (Phi) is 1.63. The maximum atomic E-state index is 11.2. The lowest BCUT2D eigenvalue weighted by atomic mass is 10.3. The van der Waals surface area contributed by atoms with E-state index in [1.165, 1.54) is 11.3 Å². The highest BCUT2D eigenvalue weighted by Gasteiger charge is 2.11. The predicted octanol–water partition coefficient (Wildman–Crippen LogP) is 1.03. The van der Waals surface area contributed by atoms with Crippen molar-refractivity contribution in [3.63, 3.8) is 0 Å². The van der Waals surface area contributed by atoms with E-state index in [-0.39, 0.29) is 4.87 Å². The van der Waals surface area contributed by atoms with Crippen LogP contribution >= 0.6 is 11.3 Å². The van der Waals surface area contributed by atoms with Crippen molar-refractivity contribution in [3.05, 3.63) is 39.8 Å². The van der Waals surface area contributed by atoms with Crippen molar-refractivity contribution < 1.29 is 4.40 Å². The second kappa shape index (κ2) is 2.87. The minimum atomic E-state index is -0.0487. The molecule has 74 valence electrons. The molecule has 0 aliphatic heterocycles. The first-order valence-electron chi connectivity index (χ1n) is 4.54. The zero-order valence-electron chi connectivity index (χ0n) is 8.02. The van der Waals surface area contributed by atoms with E-state index in [9.17, 15) is 4.79 Å². The summed E-state index contributed by atoms with van der Waals surface area (Å²) < 4.78 is 2.77. The molecule has 0 spiro atoms. The second-order valence-electron chi connectivity index (χ2n) is 3.42. The molecule has 0 saturated heterocycles. The van der Waals surface area contributed by atoms with Crippen molar-refractivity contribution in [2.24, 2.45) is 0 Å². The van der Waals surface area contributed by atoms with Gasteiger partial charge in [-0.2, -0.15) is 0 Å². The second-order valence-corrected chi connectivity index (χ2v) is 4.43. The largest absolute Gasteiger partial charge is 0.362 e. The highest BCUT2D eigenvalue weighted by Crippen LogP contribution is 2.09. The number of H-pyrrole nitrogens is 1. The molecule has 0 aromatic carbocycles. The van der Waals surface area contributed by atoms with Crippen LogP contribution < -0.4 is 9.27 Å². The Morgan fingerprint density at radius 3 is 3.27 bits per heavy atom. The van der Waals surface area contributed by atoms with Crippen LogP contribution in [0.2, 0.25) is 0 Å². The van der Waals surface area contributed by atoms with Crippen molar-refractivity contribution in [2.75, 3.05) is 0 Å². The minimum Gasteiger partial charge on any atom is -0.238 e. The van der Waals surface area contributed by atoms with Crippen LogP contribution in [0.3, 0.4) is 0 Å². The number of nitrogens with zero attached hydrogens (tertiary/aromatic N) is 2. The molecule has 15 heavy (non-hydrogen) atoms. The summed E-state index contributed by atoms with van der Waals surface area (Å²) in [7, 11) is 0. The van der Waals surface area contributed by atoms with Gasteiger partial charge in [-0.25, -0.2) is 14.2 Å². The van der Waals surface area contributed by atoms with Gasteiger partial charge in [0.15, 0.2) is 0 Å². The van der Waals surface area contributed by atoms with E-state index in [4.69, 9.17) is 0 Å². The first-order valence-corrected chi connectivity index (χ1v) is 5.35. The summed E-state index contributed by atoms with van der Waals surface area (Å²) in [4.78, 5) is 18.3. The number of pyridine rings is 1. The molecule has 0 atom stereocenters. The summed E-state index contributed by atoms with van der Waals surface area (Å²) in [6, 6.07) is 3.97. The molecule has 0 unspecified atom stereocenters. The summed E-state index contributed by atoms with van der Waals surface area (Å²) in [6.07, 6.45) is 3.65. The molecule has 0 amide bonds. The fourth-order valence-corrected chi connectivity index (χ4v) is 2.30. The summed E-state index contributed by atoms with van der Waals surface area (Å²) in [5.41, 5.74) is 2.81. The summed E-state index contributed by atoms with van der Waals surface area (Å²) in [5.74, 6) is 0. The molecule has 0 aliphatic carbocycles. The first-order chi connectivity index (χ1) is 7.24. The average Bonchev–Trinajstić information content (AvgIpc) is 2.58. The molecule has 3 aromatic heterocycles. The zero-order valence-corrected chi connectivity index (χ0v) is 8.84. The van der Waals surface area contributed by atoms with Gasteiger partial charge in [0, 0.05) is 6.07 Å². The van der Waals surface area contributed by atoms with Gasteiger partial charge in [0.1, 0.15) is 10.9 Å². The van der Waals surface area contributed by atoms with Gasteiger partial charge in [-0.3, -0.25) is 0 Å². The van der Waals surface area contributed by atoms with Crippen LogP contribution in [0, 0.1) is 6.92 Å². The van der Waals surface area contributed by atoms with E-state index >= 15 is 0 Å². The van der Waals surface area contributed by atoms with Gasteiger partial charge in [-0.1, -0.05) is 0 Å². The van der Waals surface area contributed by atoms with Crippen molar-refractivity contribution >= 4 is 27.3 Å². The topological polar surface area (TPSA) is 49.9 Å². The number of aryl methyl sites for hydroxylation is 1. The van der Waals surface area contributed by atoms with Crippen LogP contribution in [-0.2, 0) is 0 Å².